The third-order valence-corrected chi connectivity index (χ3v) is 3.47. The van der Waals surface area contributed by atoms with Crippen LogP contribution in [0.25, 0.3) is 0 Å². The van der Waals surface area contributed by atoms with E-state index < -0.39 is 12.0 Å². The Balaban J connectivity index is 2.52. The van der Waals surface area contributed by atoms with E-state index in [9.17, 15) is 9.59 Å². The molecule has 0 heterocycles. The number of amides is 1. The molecule has 0 aliphatic heterocycles. The zero-order chi connectivity index (χ0) is 16.5. The summed E-state index contributed by atoms with van der Waals surface area (Å²) in [4.78, 5) is 23.2. The Morgan fingerprint density at radius 2 is 1.91 bits per heavy atom. The first-order valence-corrected chi connectivity index (χ1v) is 7.42. The maximum atomic E-state index is 12.0. The summed E-state index contributed by atoms with van der Waals surface area (Å²) in [6, 6.07) is 4.75. The number of rotatable bonds is 9. The summed E-state index contributed by atoms with van der Waals surface area (Å²) in [7, 11) is 1.84. The zero-order valence-corrected chi connectivity index (χ0v) is 13.4. The summed E-state index contributed by atoms with van der Waals surface area (Å²) in [6.45, 7) is 5.31. The standard InChI is InChI=1S/C16H25N3O3/c1-11-5-6-13(9-12(11)2)19-15(20)10-14(16(21)22)18-8-4-7-17-3/h5-6,9,14,17-18H,4,7-8,10H2,1-3H3,(H,19,20)(H,21,22)/t14-/m1/s1. The van der Waals surface area contributed by atoms with Crippen molar-refractivity contribution in [3.8, 4) is 0 Å². The normalized spacial score (nSPS) is 12.0. The van der Waals surface area contributed by atoms with E-state index >= 15 is 0 Å². The number of benzene rings is 1. The van der Waals surface area contributed by atoms with Gasteiger partial charge in [-0.1, -0.05) is 6.07 Å². The number of carbonyl (C=O) groups is 2. The first-order valence-electron chi connectivity index (χ1n) is 7.42. The minimum Gasteiger partial charge on any atom is -0.480 e. The van der Waals surface area contributed by atoms with Gasteiger partial charge >= 0.3 is 5.97 Å². The monoisotopic (exact) mass is 307 g/mol. The number of aryl methyl sites for hydroxylation is 2. The highest BCUT2D eigenvalue weighted by Crippen LogP contribution is 2.14. The molecule has 22 heavy (non-hydrogen) atoms. The van der Waals surface area contributed by atoms with Crippen LogP contribution in [0.5, 0.6) is 0 Å². The summed E-state index contributed by atoms with van der Waals surface area (Å²) < 4.78 is 0. The van der Waals surface area contributed by atoms with E-state index in [1.807, 2.05) is 39.1 Å². The lowest BCUT2D eigenvalue weighted by Gasteiger charge is -2.14. The Morgan fingerprint density at radius 1 is 1.18 bits per heavy atom. The van der Waals surface area contributed by atoms with Gasteiger partial charge in [0.15, 0.2) is 0 Å². The van der Waals surface area contributed by atoms with E-state index in [4.69, 9.17) is 5.11 Å². The summed E-state index contributed by atoms with van der Waals surface area (Å²) >= 11 is 0. The molecule has 0 saturated carbocycles. The van der Waals surface area contributed by atoms with Gasteiger partial charge in [0.1, 0.15) is 6.04 Å². The van der Waals surface area contributed by atoms with Crippen molar-refractivity contribution in [2.45, 2.75) is 32.7 Å². The lowest BCUT2D eigenvalue weighted by Crippen LogP contribution is -2.40. The van der Waals surface area contributed by atoms with Crippen LogP contribution in [-0.2, 0) is 9.59 Å². The van der Waals surface area contributed by atoms with Gasteiger partial charge in [0, 0.05) is 5.69 Å². The van der Waals surface area contributed by atoms with Crippen molar-refractivity contribution in [2.24, 2.45) is 0 Å². The van der Waals surface area contributed by atoms with Gasteiger partial charge < -0.3 is 21.1 Å². The van der Waals surface area contributed by atoms with Crippen LogP contribution in [0.2, 0.25) is 0 Å². The smallest absolute Gasteiger partial charge is 0.321 e. The van der Waals surface area contributed by atoms with Crippen LogP contribution in [0.4, 0.5) is 5.69 Å². The highest BCUT2D eigenvalue weighted by molar-refractivity contribution is 5.94. The van der Waals surface area contributed by atoms with Gasteiger partial charge in [-0.3, -0.25) is 9.59 Å². The lowest BCUT2D eigenvalue weighted by molar-refractivity contribution is -0.141. The summed E-state index contributed by atoms with van der Waals surface area (Å²) in [5, 5.41) is 17.8. The molecule has 0 aliphatic rings. The van der Waals surface area contributed by atoms with Crippen LogP contribution in [0.3, 0.4) is 0 Å². The average molecular weight is 307 g/mol. The van der Waals surface area contributed by atoms with Crippen molar-refractivity contribution in [3.05, 3.63) is 29.3 Å². The van der Waals surface area contributed by atoms with Crippen LogP contribution in [0.15, 0.2) is 18.2 Å². The highest BCUT2D eigenvalue weighted by Gasteiger charge is 2.20. The first-order chi connectivity index (χ1) is 10.4. The van der Waals surface area contributed by atoms with Crippen molar-refractivity contribution < 1.29 is 14.7 Å². The van der Waals surface area contributed by atoms with Crippen LogP contribution < -0.4 is 16.0 Å². The van der Waals surface area contributed by atoms with Crippen molar-refractivity contribution in [2.75, 3.05) is 25.5 Å². The summed E-state index contributed by atoms with van der Waals surface area (Å²) in [5.74, 6) is -1.32. The van der Waals surface area contributed by atoms with Gasteiger partial charge in [0.05, 0.1) is 6.42 Å². The number of carbonyl (C=O) groups excluding carboxylic acids is 1. The van der Waals surface area contributed by atoms with Crippen molar-refractivity contribution in [1.29, 1.82) is 0 Å². The number of carboxylic acids is 1. The highest BCUT2D eigenvalue weighted by atomic mass is 16.4. The molecule has 6 nitrogen and oxygen atoms in total. The van der Waals surface area contributed by atoms with Crippen LogP contribution in [-0.4, -0.2) is 43.2 Å². The fourth-order valence-corrected chi connectivity index (χ4v) is 2.00. The van der Waals surface area contributed by atoms with Crippen molar-refractivity contribution in [3.63, 3.8) is 0 Å². The minimum atomic E-state index is -1.01. The fourth-order valence-electron chi connectivity index (χ4n) is 2.00. The van der Waals surface area contributed by atoms with Crippen LogP contribution in [0, 0.1) is 13.8 Å². The molecule has 0 unspecified atom stereocenters. The van der Waals surface area contributed by atoms with E-state index in [-0.39, 0.29) is 12.3 Å². The summed E-state index contributed by atoms with van der Waals surface area (Å²) in [5.41, 5.74) is 2.91. The van der Waals surface area contributed by atoms with Gasteiger partial charge in [-0.05, 0) is 63.7 Å². The molecular formula is C16H25N3O3. The van der Waals surface area contributed by atoms with Crippen molar-refractivity contribution >= 4 is 17.6 Å². The third kappa shape index (κ3) is 6.24. The van der Waals surface area contributed by atoms with E-state index in [2.05, 4.69) is 16.0 Å². The Hall–Kier alpha value is -1.92. The Morgan fingerprint density at radius 3 is 2.50 bits per heavy atom. The molecule has 0 radical (unpaired) electrons. The number of hydrogen-bond donors (Lipinski definition) is 4. The molecule has 0 fully saturated rings. The van der Waals surface area contributed by atoms with Gasteiger partial charge in [-0.2, -0.15) is 0 Å². The largest absolute Gasteiger partial charge is 0.480 e. The molecule has 1 atom stereocenters. The molecule has 1 amide bonds. The topological polar surface area (TPSA) is 90.5 Å². The maximum Gasteiger partial charge on any atom is 0.321 e. The Bertz CT molecular complexity index is 517. The Labute approximate surface area is 131 Å². The molecule has 1 aromatic rings. The molecule has 0 saturated heterocycles. The first kappa shape index (κ1) is 18.1. The molecule has 0 spiro atoms. The van der Waals surface area contributed by atoms with Gasteiger partial charge in [0.25, 0.3) is 0 Å². The second-order valence-corrected chi connectivity index (χ2v) is 5.35. The van der Waals surface area contributed by atoms with Crippen molar-refractivity contribution in [1.82, 2.24) is 10.6 Å². The molecule has 0 bridgehead atoms. The second kappa shape index (κ2) is 9.17. The molecule has 1 rings (SSSR count). The molecule has 122 valence electrons. The SMILES string of the molecule is CNCCCN[C@H](CC(=O)Nc1ccc(C)c(C)c1)C(=O)O. The van der Waals surface area contributed by atoms with Crippen LogP contribution >= 0.6 is 0 Å². The molecule has 6 heteroatoms. The predicted octanol–water partition coefficient (Wildman–Crippen LogP) is 1.28. The minimum absolute atomic E-state index is 0.0954. The van der Waals surface area contributed by atoms with Gasteiger partial charge in [-0.15, -0.1) is 0 Å². The molecule has 1 aromatic carbocycles. The zero-order valence-electron chi connectivity index (χ0n) is 13.4. The van der Waals surface area contributed by atoms with E-state index in [0.717, 1.165) is 24.1 Å². The van der Waals surface area contributed by atoms with E-state index in [0.29, 0.717) is 12.2 Å². The third-order valence-electron chi connectivity index (χ3n) is 3.47. The Kier molecular flexibility index (Phi) is 7.56. The predicted molar refractivity (Wildman–Crippen MR) is 87.1 cm³/mol. The number of aliphatic carboxylic acids is 1. The van der Waals surface area contributed by atoms with Gasteiger partial charge in [0.2, 0.25) is 5.91 Å². The number of anilines is 1. The maximum absolute atomic E-state index is 12.0. The fraction of sp³-hybridized carbons (Fsp3) is 0.500. The van der Waals surface area contributed by atoms with E-state index in [1.54, 1.807) is 0 Å². The number of nitrogens with one attached hydrogen (secondary N) is 3. The molecule has 0 aliphatic carbocycles. The van der Waals surface area contributed by atoms with E-state index in [1.165, 1.54) is 0 Å². The van der Waals surface area contributed by atoms with Crippen LogP contribution in [0.1, 0.15) is 24.0 Å². The lowest BCUT2D eigenvalue weighted by atomic mass is 10.1. The van der Waals surface area contributed by atoms with Gasteiger partial charge in [-0.25, -0.2) is 0 Å². The molecule has 0 aromatic heterocycles. The average Bonchev–Trinajstić information content (AvgIpc) is 2.46. The number of carboxylic acid groups (broad SMARTS) is 1. The summed E-state index contributed by atoms with van der Waals surface area (Å²) in [6.07, 6.45) is 0.709. The number of hydrogen-bond acceptors (Lipinski definition) is 4. The quantitative estimate of drug-likeness (QED) is 0.516. The molecular weight excluding hydrogens is 282 g/mol. The second-order valence-electron chi connectivity index (χ2n) is 5.35. The molecule has 4 N–H and O–H groups in total.